The number of hydrogen-bond donors (Lipinski definition) is 1. The number of thiocarbonyl (C=S) groups is 1. The van der Waals surface area contributed by atoms with E-state index in [4.69, 9.17) is 26.8 Å². The van der Waals surface area contributed by atoms with Crippen molar-refractivity contribution in [2.75, 3.05) is 12.0 Å². The second-order valence-electron chi connectivity index (χ2n) is 6.82. The van der Waals surface area contributed by atoms with Crippen molar-refractivity contribution in [1.82, 2.24) is 0 Å². The van der Waals surface area contributed by atoms with Gasteiger partial charge in [0, 0.05) is 0 Å². The summed E-state index contributed by atoms with van der Waals surface area (Å²) in [5.74, 6) is -0.568. The third-order valence-corrected chi connectivity index (χ3v) is 5.83. The summed E-state index contributed by atoms with van der Waals surface area (Å²) in [7, 11) is 1.47. The molecule has 1 fully saturated rings. The molecule has 1 saturated heterocycles. The summed E-state index contributed by atoms with van der Waals surface area (Å²) >= 11 is 6.69. The molecular weight excluding hydrogens is 422 g/mol. The Balaban J connectivity index is 1.89. The number of carbonyl (C=O) groups is 2. The van der Waals surface area contributed by atoms with Gasteiger partial charge in [-0.3, -0.25) is 9.69 Å². The Bertz CT molecular complexity index is 1060. The zero-order valence-corrected chi connectivity index (χ0v) is 18.6. The minimum Gasteiger partial charge on any atom is -0.493 e. The van der Waals surface area contributed by atoms with Crippen LogP contribution in [-0.4, -0.2) is 34.5 Å². The molecule has 0 saturated carbocycles. The molecule has 1 unspecified atom stereocenters. The Hall–Kier alpha value is -2.84. The third-order valence-electron chi connectivity index (χ3n) is 4.52. The molecule has 8 heteroatoms. The first kappa shape index (κ1) is 21.9. The molecule has 1 atom stereocenters. The highest BCUT2D eigenvalue weighted by Gasteiger charge is 2.34. The zero-order valence-electron chi connectivity index (χ0n) is 17.0. The molecule has 156 valence electrons. The minimum absolute atomic E-state index is 0.184. The van der Waals surface area contributed by atoms with Crippen molar-refractivity contribution >= 4 is 51.9 Å². The molecule has 0 radical (unpaired) electrons. The van der Waals surface area contributed by atoms with E-state index in [-0.39, 0.29) is 5.91 Å². The summed E-state index contributed by atoms with van der Waals surface area (Å²) in [6.07, 6.45) is 0.717. The number of ether oxygens (including phenoxy) is 2. The molecule has 0 spiro atoms. The van der Waals surface area contributed by atoms with Gasteiger partial charge in [-0.25, -0.2) is 4.79 Å². The van der Waals surface area contributed by atoms with E-state index in [0.717, 1.165) is 16.8 Å². The van der Waals surface area contributed by atoms with Gasteiger partial charge in [0.1, 0.15) is 0 Å². The monoisotopic (exact) mass is 443 g/mol. The SMILES string of the molecule is COc1cc(/C=C2/SC(=S)N(c3ccc(C)cc3C)C2=O)ccc1OC(C)C(=O)O. The second kappa shape index (κ2) is 8.89. The van der Waals surface area contributed by atoms with Gasteiger partial charge in [-0.2, -0.15) is 0 Å². The number of amides is 1. The van der Waals surface area contributed by atoms with Gasteiger partial charge in [0.25, 0.3) is 5.91 Å². The molecule has 2 aromatic carbocycles. The van der Waals surface area contributed by atoms with Gasteiger partial charge < -0.3 is 14.6 Å². The molecule has 3 rings (SSSR count). The van der Waals surface area contributed by atoms with E-state index in [1.54, 1.807) is 29.2 Å². The molecule has 6 nitrogen and oxygen atoms in total. The average Bonchev–Trinajstić information content (AvgIpc) is 2.96. The van der Waals surface area contributed by atoms with Gasteiger partial charge in [-0.05, 0) is 56.2 Å². The molecule has 1 aliphatic rings. The van der Waals surface area contributed by atoms with Gasteiger partial charge in [0.05, 0.1) is 17.7 Å². The molecule has 0 aliphatic carbocycles. The Kier molecular flexibility index (Phi) is 6.48. The highest BCUT2D eigenvalue weighted by Crippen LogP contribution is 2.38. The maximum atomic E-state index is 13.0. The summed E-state index contributed by atoms with van der Waals surface area (Å²) < 4.78 is 11.2. The molecule has 0 bridgehead atoms. The first-order chi connectivity index (χ1) is 14.2. The molecule has 2 aromatic rings. The molecular formula is C22H21NO5S2. The lowest BCUT2D eigenvalue weighted by atomic mass is 10.1. The van der Waals surface area contributed by atoms with Gasteiger partial charge in [0.2, 0.25) is 0 Å². The van der Waals surface area contributed by atoms with Crippen LogP contribution in [0.3, 0.4) is 0 Å². The Morgan fingerprint density at radius 1 is 1.20 bits per heavy atom. The van der Waals surface area contributed by atoms with E-state index >= 15 is 0 Å². The van der Waals surface area contributed by atoms with Crippen molar-refractivity contribution in [1.29, 1.82) is 0 Å². The number of carbonyl (C=O) groups excluding carboxylic acids is 1. The number of nitrogens with zero attached hydrogens (tertiary/aromatic N) is 1. The number of thioether (sulfide) groups is 1. The van der Waals surface area contributed by atoms with Crippen LogP contribution in [-0.2, 0) is 9.59 Å². The number of carboxylic acids is 1. The summed E-state index contributed by atoms with van der Waals surface area (Å²) in [4.78, 5) is 26.1. The smallest absolute Gasteiger partial charge is 0.344 e. The standard InChI is InChI=1S/C22H21NO5S2/c1-12-5-7-16(13(2)9-12)23-20(24)19(30-22(23)29)11-15-6-8-17(18(10-15)27-4)28-14(3)21(25)26/h5-11,14H,1-4H3,(H,25,26)/b19-11+. The Morgan fingerprint density at radius 3 is 2.57 bits per heavy atom. The summed E-state index contributed by atoms with van der Waals surface area (Å²) in [5.41, 5.74) is 3.57. The minimum atomic E-state index is -1.07. The Morgan fingerprint density at radius 2 is 1.93 bits per heavy atom. The fraction of sp³-hybridized carbons (Fsp3) is 0.227. The maximum Gasteiger partial charge on any atom is 0.344 e. The van der Waals surface area contributed by atoms with Crippen LogP contribution < -0.4 is 14.4 Å². The fourth-order valence-corrected chi connectivity index (χ4v) is 4.28. The lowest BCUT2D eigenvalue weighted by Crippen LogP contribution is -2.28. The van der Waals surface area contributed by atoms with Crippen LogP contribution >= 0.6 is 24.0 Å². The first-order valence-electron chi connectivity index (χ1n) is 9.14. The number of carboxylic acid groups (broad SMARTS) is 1. The van der Waals surface area contributed by atoms with Crippen LogP contribution in [0.15, 0.2) is 41.3 Å². The van der Waals surface area contributed by atoms with Crippen molar-refractivity contribution in [2.45, 2.75) is 26.9 Å². The zero-order chi connectivity index (χ0) is 22.0. The van der Waals surface area contributed by atoms with Crippen molar-refractivity contribution in [3.8, 4) is 11.5 Å². The number of benzene rings is 2. The van der Waals surface area contributed by atoms with Crippen molar-refractivity contribution in [3.63, 3.8) is 0 Å². The van der Waals surface area contributed by atoms with Gasteiger partial charge in [-0.1, -0.05) is 47.7 Å². The van der Waals surface area contributed by atoms with E-state index in [1.807, 2.05) is 32.0 Å². The van der Waals surface area contributed by atoms with Crippen LogP contribution in [0, 0.1) is 13.8 Å². The van der Waals surface area contributed by atoms with Crippen molar-refractivity contribution in [2.24, 2.45) is 0 Å². The lowest BCUT2D eigenvalue weighted by Gasteiger charge is -2.17. The number of aliphatic carboxylic acids is 1. The highest BCUT2D eigenvalue weighted by molar-refractivity contribution is 8.27. The lowest BCUT2D eigenvalue weighted by molar-refractivity contribution is -0.144. The number of hydrogen-bond acceptors (Lipinski definition) is 6. The Labute approximate surface area is 184 Å². The topological polar surface area (TPSA) is 76.1 Å². The number of aryl methyl sites for hydroxylation is 2. The van der Waals surface area contributed by atoms with Crippen LogP contribution in [0.1, 0.15) is 23.6 Å². The maximum absolute atomic E-state index is 13.0. The van der Waals surface area contributed by atoms with E-state index < -0.39 is 12.1 Å². The predicted molar refractivity (Wildman–Crippen MR) is 122 cm³/mol. The molecule has 30 heavy (non-hydrogen) atoms. The van der Waals surface area contributed by atoms with E-state index in [2.05, 4.69) is 0 Å². The summed E-state index contributed by atoms with van der Waals surface area (Å²) in [5, 5.41) is 9.03. The average molecular weight is 444 g/mol. The van der Waals surface area contributed by atoms with Crippen LogP contribution in [0.25, 0.3) is 6.08 Å². The normalized spacial score (nSPS) is 16.1. The van der Waals surface area contributed by atoms with E-state index in [0.29, 0.717) is 26.3 Å². The largest absolute Gasteiger partial charge is 0.493 e. The second-order valence-corrected chi connectivity index (χ2v) is 8.49. The third kappa shape index (κ3) is 4.49. The fourth-order valence-electron chi connectivity index (χ4n) is 3.00. The van der Waals surface area contributed by atoms with Crippen molar-refractivity contribution < 1.29 is 24.2 Å². The van der Waals surface area contributed by atoms with Gasteiger partial charge in [-0.15, -0.1) is 0 Å². The molecule has 0 aromatic heterocycles. The predicted octanol–water partition coefficient (Wildman–Crippen LogP) is 4.57. The van der Waals surface area contributed by atoms with Gasteiger partial charge in [0.15, 0.2) is 21.9 Å². The quantitative estimate of drug-likeness (QED) is 0.518. The van der Waals surface area contributed by atoms with Crippen LogP contribution in [0.5, 0.6) is 11.5 Å². The molecule has 1 aliphatic heterocycles. The van der Waals surface area contributed by atoms with Gasteiger partial charge >= 0.3 is 5.97 Å². The van der Waals surface area contributed by atoms with E-state index in [1.165, 1.54) is 25.8 Å². The van der Waals surface area contributed by atoms with Crippen molar-refractivity contribution in [3.05, 3.63) is 58.0 Å². The number of methoxy groups -OCH3 is 1. The van der Waals surface area contributed by atoms with Crippen LogP contribution in [0.2, 0.25) is 0 Å². The molecule has 1 N–H and O–H groups in total. The summed E-state index contributed by atoms with van der Waals surface area (Å²) in [6, 6.07) is 10.9. The number of rotatable bonds is 6. The molecule has 1 heterocycles. The van der Waals surface area contributed by atoms with Crippen LogP contribution in [0.4, 0.5) is 5.69 Å². The van der Waals surface area contributed by atoms with E-state index in [9.17, 15) is 9.59 Å². The highest BCUT2D eigenvalue weighted by atomic mass is 32.2. The summed E-state index contributed by atoms with van der Waals surface area (Å²) in [6.45, 7) is 5.39. The number of anilines is 1. The molecule has 1 amide bonds. The first-order valence-corrected chi connectivity index (χ1v) is 10.4.